The highest BCUT2D eigenvalue weighted by atomic mass is 32.1. The molecule has 0 aliphatic carbocycles. The molecule has 1 heterocycles. The number of hydrogen-bond donors (Lipinski definition) is 0. The Hall–Kier alpha value is -2.79. The molecule has 3 rings (SSSR count). The van der Waals surface area contributed by atoms with Gasteiger partial charge < -0.3 is 14.4 Å². The van der Waals surface area contributed by atoms with Crippen LogP contribution in [-0.2, 0) is 17.8 Å². The molecule has 5 heteroatoms. The third-order valence-corrected chi connectivity index (χ3v) is 4.97. The highest BCUT2D eigenvalue weighted by Gasteiger charge is 2.17. The Morgan fingerprint density at radius 3 is 2.08 bits per heavy atom. The largest absolute Gasteiger partial charge is 0.497 e. The number of anilines is 1. The maximum absolute atomic E-state index is 13.0. The summed E-state index contributed by atoms with van der Waals surface area (Å²) in [6, 6.07) is 19.3. The van der Waals surface area contributed by atoms with Gasteiger partial charge in [-0.2, -0.15) is 0 Å². The standard InChI is InChI=1S/C21H21NO3S/c1-24-18-9-5-16(6-10-18)15-22(17-7-11-19(25-2)12-8-17)21(23)14-20-4-3-13-26-20/h3-13H,14-15H2,1-2H3. The van der Waals surface area contributed by atoms with Crippen LogP contribution in [0.4, 0.5) is 5.69 Å². The molecule has 0 aliphatic heterocycles. The van der Waals surface area contributed by atoms with Gasteiger partial charge >= 0.3 is 0 Å². The van der Waals surface area contributed by atoms with E-state index >= 15 is 0 Å². The molecule has 0 unspecified atom stereocenters. The Morgan fingerprint density at radius 2 is 1.54 bits per heavy atom. The van der Waals surface area contributed by atoms with E-state index in [1.165, 1.54) is 0 Å². The van der Waals surface area contributed by atoms with Gasteiger partial charge in [-0.25, -0.2) is 0 Å². The molecular formula is C21H21NO3S. The van der Waals surface area contributed by atoms with E-state index in [0.29, 0.717) is 13.0 Å². The minimum absolute atomic E-state index is 0.0634. The normalized spacial score (nSPS) is 10.4. The van der Waals surface area contributed by atoms with Crippen LogP contribution in [0.2, 0.25) is 0 Å². The molecule has 0 spiro atoms. The number of rotatable bonds is 7. The molecule has 0 aliphatic rings. The second-order valence-corrected chi connectivity index (χ2v) is 6.81. The fraction of sp³-hybridized carbons (Fsp3) is 0.190. The van der Waals surface area contributed by atoms with E-state index in [0.717, 1.165) is 27.6 Å². The predicted molar refractivity (Wildman–Crippen MR) is 105 cm³/mol. The number of ether oxygens (including phenoxy) is 2. The molecule has 0 bridgehead atoms. The Kier molecular flexibility index (Phi) is 5.92. The van der Waals surface area contributed by atoms with Crippen molar-refractivity contribution in [1.82, 2.24) is 0 Å². The van der Waals surface area contributed by atoms with Crippen LogP contribution in [0.25, 0.3) is 0 Å². The van der Waals surface area contributed by atoms with Crippen LogP contribution in [0.5, 0.6) is 11.5 Å². The highest BCUT2D eigenvalue weighted by molar-refractivity contribution is 7.10. The Balaban J connectivity index is 1.84. The number of carbonyl (C=O) groups is 1. The number of carbonyl (C=O) groups excluding carboxylic acids is 1. The van der Waals surface area contributed by atoms with Crippen molar-refractivity contribution < 1.29 is 14.3 Å². The van der Waals surface area contributed by atoms with Crippen LogP contribution in [0.15, 0.2) is 66.0 Å². The van der Waals surface area contributed by atoms with Crippen molar-refractivity contribution in [2.45, 2.75) is 13.0 Å². The van der Waals surface area contributed by atoms with Gasteiger partial charge in [0.15, 0.2) is 0 Å². The molecule has 3 aromatic rings. The van der Waals surface area contributed by atoms with Crippen LogP contribution >= 0.6 is 11.3 Å². The molecule has 26 heavy (non-hydrogen) atoms. The van der Waals surface area contributed by atoms with Gasteiger partial charge in [0, 0.05) is 10.6 Å². The molecule has 0 saturated carbocycles. The molecule has 2 aromatic carbocycles. The summed E-state index contributed by atoms with van der Waals surface area (Å²) in [5.74, 6) is 1.63. The van der Waals surface area contributed by atoms with E-state index in [1.54, 1.807) is 30.5 Å². The van der Waals surface area contributed by atoms with Crippen LogP contribution in [0.3, 0.4) is 0 Å². The third kappa shape index (κ3) is 4.43. The van der Waals surface area contributed by atoms with Gasteiger partial charge in [-0.3, -0.25) is 4.79 Å². The van der Waals surface area contributed by atoms with E-state index in [1.807, 2.05) is 66.0 Å². The monoisotopic (exact) mass is 367 g/mol. The maximum atomic E-state index is 13.0. The van der Waals surface area contributed by atoms with Crippen molar-refractivity contribution in [1.29, 1.82) is 0 Å². The molecule has 1 aromatic heterocycles. The molecule has 134 valence electrons. The first-order valence-electron chi connectivity index (χ1n) is 8.29. The topological polar surface area (TPSA) is 38.8 Å². The van der Waals surface area contributed by atoms with Gasteiger partial charge in [-0.1, -0.05) is 18.2 Å². The molecule has 0 fully saturated rings. The first-order valence-corrected chi connectivity index (χ1v) is 9.17. The first kappa shape index (κ1) is 18.0. The zero-order valence-electron chi connectivity index (χ0n) is 14.8. The van der Waals surface area contributed by atoms with E-state index in [4.69, 9.17) is 9.47 Å². The van der Waals surface area contributed by atoms with Gasteiger partial charge in [-0.05, 0) is 53.4 Å². The second kappa shape index (κ2) is 8.54. The van der Waals surface area contributed by atoms with Crippen LogP contribution in [-0.4, -0.2) is 20.1 Å². The predicted octanol–water partition coefficient (Wildman–Crippen LogP) is 4.54. The van der Waals surface area contributed by atoms with Crippen molar-refractivity contribution in [3.8, 4) is 11.5 Å². The summed E-state index contributed by atoms with van der Waals surface area (Å²) in [5, 5.41) is 1.99. The van der Waals surface area contributed by atoms with Crippen molar-refractivity contribution >= 4 is 22.9 Å². The first-order chi connectivity index (χ1) is 12.7. The molecule has 0 atom stereocenters. The lowest BCUT2D eigenvalue weighted by atomic mass is 10.1. The summed E-state index contributed by atoms with van der Waals surface area (Å²) in [5.41, 5.74) is 1.89. The number of methoxy groups -OCH3 is 2. The summed E-state index contributed by atoms with van der Waals surface area (Å²) < 4.78 is 10.4. The number of hydrogen-bond acceptors (Lipinski definition) is 4. The van der Waals surface area contributed by atoms with Crippen LogP contribution in [0.1, 0.15) is 10.4 Å². The quantitative estimate of drug-likeness (QED) is 0.615. The molecule has 4 nitrogen and oxygen atoms in total. The van der Waals surface area contributed by atoms with Crippen LogP contribution < -0.4 is 14.4 Å². The molecule has 0 saturated heterocycles. The summed E-state index contributed by atoms with van der Waals surface area (Å²) in [6.45, 7) is 0.501. The SMILES string of the molecule is COc1ccc(CN(C(=O)Cc2cccs2)c2ccc(OC)cc2)cc1. The van der Waals surface area contributed by atoms with E-state index in [-0.39, 0.29) is 5.91 Å². The second-order valence-electron chi connectivity index (χ2n) is 5.78. The Labute approximate surface area is 157 Å². The fourth-order valence-electron chi connectivity index (χ4n) is 2.66. The average Bonchev–Trinajstić information content (AvgIpc) is 3.19. The lowest BCUT2D eigenvalue weighted by molar-refractivity contribution is -0.118. The van der Waals surface area contributed by atoms with E-state index < -0.39 is 0 Å². The van der Waals surface area contributed by atoms with Gasteiger partial charge in [-0.15, -0.1) is 11.3 Å². The lowest BCUT2D eigenvalue weighted by Crippen LogP contribution is -2.31. The van der Waals surface area contributed by atoms with Gasteiger partial charge in [0.1, 0.15) is 11.5 Å². The zero-order chi connectivity index (χ0) is 18.4. The van der Waals surface area contributed by atoms with Gasteiger partial charge in [0.25, 0.3) is 0 Å². The van der Waals surface area contributed by atoms with E-state index in [9.17, 15) is 4.79 Å². The Morgan fingerprint density at radius 1 is 0.923 bits per heavy atom. The van der Waals surface area contributed by atoms with Gasteiger partial charge in [0.2, 0.25) is 5.91 Å². The Bertz CT molecular complexity index is 827. The maximum Gasteiger partial charge on any atom is 0.232 e. The number of benzene rings is 2. The molecule has 0 radical (unpaired) electrons. The number of amides is 1. The minimum atomic E-state index is 0.0634. The summed E-state index contributed by atoms with van der Waals surface area (Å²) in [7, 11) is 3.27. The molecule has 1 amide bonds. The lowest BCUT2D eigenvalue weighted by Gasteiger charge is -2.23. The minimum Gasteiger partial charge on any atom is -0.497 e. The summed E-state index contributed by atoms with van der Waals surface area (Å²) in [4.78, 5) is 15.8. The smallest absolute Gasteiger partial charge is 0.232 e. The number of thiophene rings is 1. The third-order valence-electron chi connectivity index (χ3n) is 4.09. The van der Waals surface area contributed by atoms with Crippen molar-refractivity contribution in [2.24, 2.45) is 0 Å². The summed E-state index contributed by atoms with van der Waals surface area (Å²) >= 11 is 1.60. The van der Waals surface area contributed by atoms with Crippen LogP contribution in [0, 0.1) is 0 Å². The molecular weight excluding hydrogens is 346 g/mol. The van der Waals surface area contributed by atoms with Gasteiger partial charge in [0.05, 0.1) is 27.2 Å². The van der Waals surface area contributed by atoms with Crippen molar-refractivity contribution in [3.05, 3.63) is 76.5 Å². The summed E-state index contributed by atoms with van der Waals surface area (Å²) in [6.07, 6.45) is 0.389. The fourth-order valence-corrected chi connectivity index (χ4v) is 3.35. The van der Waals surface area contributed by atoms with Crippen molar-refractivity contribution in [2.75, 3.05) is 19.1 Å². The average molecular weight is 367 g/mol. The number of nitrogens with zero attached hydrogens (tertiary/aromatic N) is 1. The molecule has 0 N–H and O–H groups in total. The highest BCUT2D eigenvalue weighted by Crippen LogP contribution is 2.23. The zero-order valence-corrected chi connectivity index (χ0v) is 15.7. The van der Waals surface area contributed by atoms with E-state index in [2.05, 4.69) is 0 Å². The van der Waals surface area contributed by atoms with Crippen molar-refractivity contribution in [3.63, 3.8) is 0 Å².